The summed E-state index contributed by atoms with van der Waals surface area (Å²) < 4.78 is 5.79. The molecule has 1 aromatic carbocycles. The van der Waals surface area contributed by atoms with Crippen LogP contribution in [0.1, 0.15) is 54.6 Å². The van der Waals surface area contributed by atoms with Crippen molar-refractivity contribution in [2.24, 2.45) is 5.73 Å². The van der Waals surface area contributed by atoms with Crippen molar-refractivity contribution in [1.82, 2.24) is 10.2 Å². The quantitative estimate of drug-likeness (QED) is 0.772. The minimum Gasteiger partial charge on any atom is -0.483 e. The van der Waals surface area contributed by atoms with E-state index in [1.807, 2.05) is 32.6 Å². The van der Waals surface area contributed by atoms with E-state index in [0.29, 0.717) is 17.9 Å². The second kappa shape index (κ2) is 9.95. The van der Waals surface area contributed by atoms with E-state index < -0.39 is 5.54 Å². The summed E-state index contributed by atoms with van der Waals surface area (Å²) in [6, 6.07) is 3.57. The van der Waals surface area contributed by atoms with E-state index in [1.165, 1.54) is 6.42 Å². The van der Waals surface area contributed by atoms with Gasteiger partial charge in [-0.1, -0.05) is 0 Å². The number of piperidine rings is 1. The van der Waals surface area contributed by atoms with Crippen molar-refractivity contribution in [3.8, 4) is 5.75 Å². The summed E-state index contributed by atoms with van der Waals surface area (Å²) in [6.07, 6.45) is 3.31. The van der Waals surface area contributed by atoms with Crippen LogP contribution in [-0.4, -0.2) is 48.5 Å². The Labute approximate surface area is 168 Å². The Balaban J connectivity index is 0.00000364. The number of amides is 2. The molecule has 3 N–H and O–H groups in total. The van der Waals surface area contributed by atoms with Gasteiger partial charge in [0.05, 0.1) is 0 Å². The van der Waals surface area contributed by atoms with Crippen LogP contribution in [0.25, 0.3) is 0 Å². The predicted octanol–water partition coefficient (Wildman–Crippen LogP) is 2.58. The molecule has 1 aromatic rings. The first-order valence-electron chi connectivity index (χ1n) is 9.26. The van der Waals surface area contributed by atoms with Crippen LogP contribution < -0.4 is 15.8 Å². The maximum Gasteiger partial charge on any atom is 0.260 e. The summed E-state index contributed by atoms with van der Waals surface area (Å²) in [5, 5.41) is 2.84. The average molecular weight is 398 g/mol. The fourth-order valence-corrected chi connectivity index (χ4v) is 3.09. The van der Waals surface area contributed by atoms with Crippen molar-refractivity contribution in [2.45, 2.75) is 52.5 Å². The average Bonchev–Trinajstić information content (AvgIpc) is 2.58. The van der Waals surface area contributed by atoms with Crippen LogP contribution in [0.3, 0.4) is 0 Å². The number of aryl methyl sites for hydroxylation is 2. The molecule has 2 amide bonds. The maximum atomic E-state index is 12.3. The highest BCUT2D eigenvalue weighted by Gasteiger charge is 2.19. The van der Waals surface area contributed by atoms with Crippen molar-refractivity contribution in [3.05, 3.63) is 28.8 Å². The van der Waals surface area contributed by atoms with Crippen LogP contribution in [0.4, 0.5) is 0 Å². The lowest BCUT2D eigenvalue weighted by Gasteiger charge is -2.27. The number of likely N-dealkylation sites (tertiary alicyclic amines) is 1. The van der Waals surface area contributed by atoms with Crippen LogP contribution in [0.5, 0.6) is 5.75 Å². The zero-order valence-corrected chi connectivity index (χ0v) is 17.6. The lowest BCUT2D eigenvalue weighted by atomic mass is 10.0. The zero-order valence-electron chi connectivity index (χ0n) is 16.8. The SMILES string of the molecule is Cc1cc(C(=O)NCC(C)(C)N)cc(C)c1OCC(=O)N1CCCCC1.Cl. The Kier molecular flexibility index (Phi) is 8.57. The minimum atomic E-state index is -0.461. The number of nitrogens with one attached hydrogen (secondary N) is 1. The van der Waals surface area contributed by atoms with Crippen LogP contribution in [0, 0.1) is 13.8 Å². The number of nitrogens with zero attached hydrogens (tertiary/aromatic N) is 1. The van der Waals surface area contributed by atoms with Gasteiger partial charge in [0, 0.05) is 30.7 Å². The van der Waals surface area contributed by atoms with Crippen LogP contribution >= 0.6 is 12.4 Å². The Morgan fingerprint density at radius 3 is 2.22 bits per heavy atom. The summed E-state index contributed by atoms with van der Waals surface area (Å²) in [5.74, 6) is 0.534. The molecule has 2 rings (SSSR count). The molecule has 0 saturated carbocycles. The summed E-state index contributed by atoms with van der Waals surface area (Å²) in [5.41, 5.74) is 7.69. The summed E-state index contributed by atoms with van der Waals surface area (Å²) in [6.45, 7) is 9.56. The number of carbonyl (C=O) groups is 2. The predicted molar refractivity (Wildman–Crippen MR) is 110 cm³/mol. The molecule has 7 heteroatoms. The first-order valence-corrected chi connectivity index (χ1v) is 9.26. The molecule has 0 aromatic heterocycles. The van der Waals surface area contributed by atoms with Gasteiger partial charge in [-0.15, -0.1) is 12.4 Å². The molecule has 1 fully saturated rings. The van der Waals surface area contributed by atoms with E-state index in [0.717, 1.165) is 37.1 Å². The lowest BCUT2D eigenvalue weighted by Crippen LogP contribution is -2.45. The van der Waals surface area contributed by atoms with Crippen LogP contribution in [0.2, 0.25) is 0 Å². The van der Waals surface area contributed by atoms with Crippen molar-refractivity contribution < 1.29 is 14.3 Å². The molecule has 0 atom stereocenters. The monoisotopic (exact) mass is 397 g/mol. The van der Waals surface area contributed by atoms with Crippen molar-refractivity contribution in [3.63, 3.8) is 0 Å². The van der Waals surface area contributed by atoms with Gasteiger partial charge in [-0.25, -0.2) is 0 Å². The summed E-state index contributed by atoms with van der Waals surface area (Å²) >= 11 is 0. The Hall–Kier alpha value is -1.79. The molecule has 0 radical (unpaired) electrons. The molecular formula is C20H32ClN3O3. The second-order valence-electron chi connectivity index (χ2n) is 7.84. The zero-order chi connectivity index (χ0) is 19.3. The standard InChI is InChI=1S/C20H31N3O3.ClH/c1-14-10-16(19(25)22-13-20(3,4)21)11-15(2)18(14)26-12-17(24)23-8-6-5-7-9-23;/h10-11H,5-9,12-13,21H2,1-4H3,(H,22,25);1H. The van der Waals surface area contributed by atoms with Gasteiger partial charge in [-0.3, -0.25) is 9.59 Å². The first kappa shape index (κ1) is 23.2. The molecule has 1 aliphatic rings. The van der Waals surface area contributed by atoms with E-state index >= 15 is 0 Å². The fourth-order valence-electron chi connectivity index (χ4n) is 3.09. The minimum absolute atomic E-state index is 0. The van der Waals surface area contributed by atoms with Gasteiger partial charge in [0.25, 0.3) is 11.8 Å². The molecule has 1 aliphatic heterocycles. The van der Waals surface area contributed by atoms with Crippen molar-refractivity contribution >= 4 is 24.2 Å². The third kappa shape index (κ3) is 7.03. The molecule has 6 nitrogen and oxygen atoms in total. The van der Waals surface area contributed by atoms with E-state index in [9.17, 15) is 9.59 Å². The molecule has 27 heavy (non-hydrogen) atoms. The van der Waals surface area contributed by atoms with Gasteiger partial charge in [-0.2, -0.15) is 0 Å². The third-order valence-electron chi connectivity index (χ3n) is 4.48. The van der Waals surface area contributed by atoms with E-state index in [2.05, 4.69) is 5.32 Å². The van der Waals surface area contributed by atoms with Gasteiger partial charge >= 0.3 is 0 Å². The van der Waals surface area contributed by atoms with E-state index in [1.54, 1.807) is 12.1 Å². The topological polar surface area (TPSA) is 84.7 Å². The molecule has 152 valence electrons. The Morgan fingerprint density at radius 1 is 1.15 bits per heavy atom. The molecule has 0 unspecified atom stereocenters. The summed E-state index contributed by atoms with van der Waals surface area (Å²) in [4.78, 5) is 26.5. The van der Waals surface area contributed by atoms with Crippen LogP contribution in [-0.2, 0) is 4.79 Å². The highest BCUT2D eigenvalue weighted by atomic mass is 35.5. The normalized spacial score (nSPS) is 14.3. The number of ether oxygens (including phenoxy) is 1. The number of carbonyl (C=O) groups excluding carboxylic acids is 2. The molecule has 1 saturated heterocycles. The maximum absolute atomic E-state index is 12.3. The molecular weight excluding hydrogens is 366 g/mol. The third-order valence-corrected chi connectivity index (χ3v) is 4.48. The number of nitrogens with two attached hydrogens (primary N) is 1. The number of hydrogen-bond acceptors (Lipinski definition) is 4. The van der Waals surface area contributed by atoms with Gasteiger partial charge < -0.3 is 20.7 Å². The highest BCUT2D eigenvalue weighted by molar-refractivity contribution is 5.95. The highest BCUT2D eigenvalue weighted by Crippen LogP contribution is 2.25. The number of rotatable bonds is 6. The van der Waals surface area contributed by atoms with Crippen LogP contribution in [0.15, 0.2) is 12.1 Å². The summed E-state index contributed by atoms with van der Waals surface area (Å²) in [7, 11) is 0. The number of benzene rings is 1. The Bertz CT molecular complexity index is 642. The van der Waals surface area contributed by atoms with Gasteiger partial charge in [0.2, 0.25) is 0 Å². The molecule has 0 bridgehead atoms. The van der Waals surface area contributed by atoms with E-state index in [-0.39, 0.29) is 30.8 Å². The fraction of sp³-hybridized carbons (Fsp3) is 0.600. The largest absolute Gasteiger partial charge is 0.483 e. The van der Waals surface area contributed by atoms with E-state index in [4.69, 9.17) is 10.5 Å². The van der Waals surface area contributed by atoms with Crippen molar-refractivity contribution in [2.75, 3.05) is 26.2 Å². The first-order chi connectivity index (χ1) is 12.2. The molecule has 0 spiro atoms. The number of hydrogen-bond donors (Lipinski definition) is 2. The molecule has 1 heterocycles. The second-order valence-corrected chi connectivity index (χ2v) is 7.84. The smallest absolute Gasteiger partial charge is 0.260 e. The lowest BCUT2D eigenvalue weighted by molar-refractivity contribution is -0.134. The number of halogens is 1. The van der Waals surface area contributed by atoms with Gasteiger partial charge in [-0.05, 0) is 70.2 Å². The molecule has 0 aliphatic carbocycles. The van der Waals surface area contributed by atoms with Gasteiger partial charge in [0.15, 0.2) is 6.61 Å². The van der Waals surface area contributed by atoms with Crippen molar-refractivity contribution in [1.29, 1.82) is 0 Å². The van der Waals surface area contributed by atoms with Gasteiger partial charge in [0.1, 0.15) is 5.75 Å². The Morgan fingerprint density at radius 2 is 1.70 bits per heavy atom.